The van der Waals surface area contributed by atoms with Gasteiger partial charge in [-0.15, -0.1) is 0 Å². The quantitative estimate of drug-likeness (QED) is 0.370. The molecule has 2 unspecified atom stereocenters. The Morgan fingerprint density at radius 1 is 1.15 bits per heavy atom. The third-order valence-electron chi connectivity index (χ3n) is 6.70. The molecule has 6 nitrogen and oxygen atoms in total. The van der Waals surface area contributed by atoms with E-state index in [2.05, 4.69) is 63.6 Å². The van der Waals surface area contributed by atoms with E-state index in [-0.39, 0.29) is 10.9 Å². The fourth-order valence-corrected chi connectivity index (χ4v) is 4.95. The van der Waals surface area contributed by atoms with Crippen molar-refractivity contribution in [3.05, 3.63) is 59.4 Å². The molecule has 176 valence electrons. The van der Waals surface area contributed by atoms with E-state index in [0.29, 0.717) is 17.6 Å². The molecule has 0 spiro atoms. The fourth-order valence-electron chi connectivity index (χ4n) is 4.90. The maximum absolute atomic E-state index is 15.3. The molecule has 8 heteroatoms. The van der Waals surface area contributed by atoms with Crippen molar-refractivity contribution in [2.24, 2.45) is 16.8 Å². The molecule has 0 bridgehead atoms. The smallest absolute Gasteiger partial charge is 0.184 e. The van der Waals surface area contributed by atoms with Crippen molar-refractivity contribution in [1.82, 2.24) is 10.3 Å². The number of nitrogens with two attached hydrogens (primary N) is 1. The van der Waals surface area contributed by atoms with Gasteiger partial charge in [0.25, 0.3) is 0 Å². The van der Waals surface area contributed by atoms with Gasteiger partial charge in [0.15, 0.2) is 5.11 Å². The van der Waals surface area contributed by atoms with Gasteiger partial charge in [-0.25, -0.2) is 4.39 Å². The SMILES string of the molecule is CN(C)C1CCN(c2cc(N3CCC(Cc4ccccc4)C3)c(F)cc2C=NNC(N)=S)C1. The van der Waals surface area contributed by atoms with Crippen LogP contribution in [0.1, 0.15) is 24.0 Å². The molecular formula is C25H33FN6S. The van der Waals surface area contributed by atoms with E-state index in [0.717, 1.165) is 56.7 Å². The van der Waals surface area contributed by atoms with Gasteiger partial charge in [0.05, 0.1) is 11.9 Å². The van der Waals surface area contributed by atoms with Crippen molar-refractivity contribution >= 4 is 34.9 Å². The van der Waals surface area contributed by atoms with Gasteiger partial charge in [-0.3, -0.25) is 5.43 Å². The minimum absolute atomic E-state index is 0.0836. The average Bonchev–Trinajstić information content (AvgIpc) is 3.45. The van der Waals surface area contributed by atoms with Crippen LogP contribution in [-0.4, -0.2) is 62.5 Å². The summed E-state index contributed by atoms with van der Waals surface area (Å²) >= 11 is 4.83. The molecule has 2 aromatic rings. The van der Waals surface area contributed by atoms with Gasteiger partial charge in [0.1, 0.15) is 5.82 Å². The summed E-state index contributed by atoms with van der Waals surface area (Å²) in [6.07, 6.45) is 4.77. The monoisotopic (exact) mass is 468 g/mol. The Labute approximate surface area is 201 Å². The maximum Gasteiger partial charge on any atom is 0.184 e. The third kappa shape index (κ3) is 5.81. The predicted molar refractivity (Wildman–Crippen MR) is 139 cm³/mol. The Kier molecular flexibility index (Phi) is 7.45. The van der Waals surface area contributed by atoms with Crippen molar-refractivity contribution in [2.45, 2.75) is 25.3 Å². The van der Waals surface area contributed by atoms with Crippen molar-refractivity contribution < 1.29 is 4.39 Å². The number of thiocarbonyl (C=S) groups is 1. The number of nitrogens with zero attached hydrogens (tertiary/aromatic N) is 4. The van der Waals surface area contributed by atoms with E-state index in [4.69, 9.17) is 18.0 Å². The van der Waals surface area contributed by atoms with Crippen LogP contribution < -0.4 is 21.0 Å². The lowest BCUT2D eigenvalue weighted by Crippen LogP contribution is -2.32. The number of halogens is 1. The highest BCUT2D eigenvalue weighted by atomic mass is 32.1. The molecule has 33 heavy (non-hydrogen) atoms. The predicted octanol–water partition coefficient (Wildman–Crippen LogP) is 3.20. The minimum atomic E-state index is -0.223. The number of nitrogens with one attached hydrogen (secondary N) is 1. The standard InChI is InChI=1S/C25H33FN6S/c1-30(2)21-9-11-32(17-21)23-14-24(22(26)13-20(23)15-28-29-25(27)33)31-10-8-19(16-31)12-18-6-4-3-5-7-18/h3-7,13-15,19,21H,8-12,16-17H2,1-2H3,(H3,27,29,33). The molecule has 2 aliphatic rings. The molecule has 2 fully saturated rings. The first-order valence-electron chi connectivity index (χ1n) is 11.5. The molecule has 0 radical (unpaired) electrons. The van der Waals surface area contributed by atoms with E-state index in [1.165, 1.54) is 5.56 Å². The highest BCUT2D eigenvalue weighted by molar-refractivity contribution is 7.80. The zero-order valence-electron chi connectivity index (χ0n) is 19.4. The summed E-state index contributed by atoms with van der Waals surface area (Å²) in [5.41, 5.74) is 11.8. The largest absolute Gasteiger partial charge is 0.375 e. The average molecular weight is 469 g/mol. The van der Waals surface area contributed by atoms with Crippen LogP contribution >= 0.6 is 12.2 Å². The molecule has 2 aromatic carbocycles. The summed E-state index contributed by atoms with van der Waals surface area (Å²) in [4.78, 5) is 6.77. The number of likely N-dealkylation sites (N-methyl/N-ethyl adjacent to an activating group) is 1. The van der Waals surface area contributed by atoms with Gasteiger partial charge in [-0.1, -0.05) is 30.3 Å². The zero-order valence-corrected chi connectivity index (χ0v) is 20.2. The summed E-state index contributed by atoms with van der Waals surface area (Å²) in [7, 11) is 4.21. The number of anilines is 2. The lowest BCUT2D eigenvalue weighted by molar-refractivity contribution is 0.315. The summed E-state index contributed by atoms with van der Waals surface area (Å²) in [5.74, 6) is 0.301. The Bertz CT molecular complexity index is 996. The Morgan fingerprint density at radius 2 is 1.88 bits per heavy atom. The molecule has 3 N–H and O–H groups in total. The summed E-state index contributed by atoms with van der Waals surface area (Å²) in [5, 5.41) is 4.18. The van der Waals surface area contributed by atoms with Gasteiger partial charge in [-0.05, 0) is 69.2 Å². The van der Waals surface area contributed by atoms with Gasteiger partial charge in [0.2, 0.25) is 0 Å². The molecular weight excluding hydrogens is 435 g/mol. The van der Waals surface area contributed by atoms with Crippen LogP contribution in [0.3, 0.4) is 0 Å². The molecule has 2 atom stereocenters. The van der Waals surface area contributed by atoms with Crippen molar-refractivity contribution in [3.8, 4) is 0 Å². The van der Waals surface area contributed by atoms with E-state index in [9.17, 15) is 0 Å². The molecule has 2 saturated heterocycles. The third-order valence-corrected chi connectivity index (χ3v) is 6.79. The van der Waals surface area contributed by atoms with E-state index < -0.39 is 0 Å². The topological polar surface area (TPSA) is 60.1 Å². The maximum atomic E-state index is 15.3. The van der Waals surface area contributed by atoms with Crippen LogP contribution in [0, 0.1) is 11.7 Å². The van der Waals surface area contributed by atoms with Crippen molar-refractivity contribution in [3.63, 3.8) is 0 Å². The van der Waals surface area contributed by atoms with Crippen LogP contribution in [0.4, 0.5) is 15.8 Å². The Morgan fingerprint density at radius 3 is 2.58 bits per heavy atom. The molecule has 0 aromatic heterocycles. The summed E-state index contributed by atoms with van der Waals surface area (Å²) < 4.78 is 15.3. The lowest BCUT2D eigenvalue weighted by atomic mass is 9.99. The van der Waals surface area contributed by atoms with Gasteiger partial charge >= 0.3 is 0 Å². The molecule has 4 rings (SSSR count). The number of rotatable bonds is 7. The van der Waals surface area contributed by atoms with Crippen molar-refractivity contribution in [1.29, 1.82) is 0 Å². The second-order valence-electron chi connectivity index (χ2n) is 9.24. The Balaban J connectivity index is 1.57. The van der Waals surface area contributed by atoms with Gasteiger partial charge < -0.3 is 20.4 Å². The van der Waals surface area contributed by atoms with Crippen LogP contribution in [0.2, 0.25) is 0 Å². The molecule has 0 aliphatic carbocycles. The van der Waals surface area contributed by atoms with E-state index in [1.807, 2.05) is 12.1 Å². The summed E-state index contributed by atoms with van der Waals surface area (Å²) in [6.45, 7) is 3.55. The molecule has 0 amide bonds. The second-order valence-corrected chi connectivity index (χ2v) is 9.68. The summed E-state index contributed by atoms with van der Waals surface area (Å²) in [6, 6.07) is 14.6. The van der Waals surface area contributed by atoms with E-state index in [1.54, 1.807) is 12.3 Å². The van der Waals surface area contributed by atoms with Gasteiger partial charge in [-0.2, -0.15) is 5.10 Å². The molecule has 0 saturated carbocycles. The first kappa shape index (κ1) is 23.4. The van der Waals surface area contributed by atoms with Crippen molar-refractivity contribution in [2.75, 3.05) is 50.1 Å². The lowest BCUT2D eigenvalue weighted by Gasteiger charge is -2.26. The number of hydrogen-bond acceptors (Lipinski definition) is 5. The molecule has 2 aliphatic heterocycles. The van der Waals surface area contributed by atoms with Crippen LogP contribution in [-0.2, 0) is 6.42 Å². The fraction of sp³-hybridized carbons (Fsp3) is 0.440. The highest BCUT2D eigenvalue weighted by Gasteiger charge is 2.29. The van der Waals surface area contributed by atoms with Crippen LogP contribution in [0.15, 0.2) is 47.6 Å². The normalized spacial score (nSPS) is 20.8. The number of benzene rings is 2. The molecule has 2 heterocycles. The zero-order chi connectivity index (χ0) is 23.4. The van der Waals surface area contributed by atoms with Gasteiger partial charge in [0, 0.05) is 43.5 Å². The second kappa shape index (κ2) is 10.5. The highest BCUT2D eigenvalue weighted by Crippen LogP contribution is 2.35. The minimum Gasteiger partial charge on any atom is -0.375 e. The first-order chi connectivity index (χ1) is 15.9. The number of hydrogen-bond donors (Lipinski definition) is 2. The van der Waals surface area contributed by atoms with Crippen LogP contribution in [0.5, 0.6) is 0 Å². The van der Waals surface area contributed by atoms with E-state index >= 15 is 4.39 Å². The number of hydrazone groups is 1. The van der Waals surface area contributed by atoms with Crippen LogP contribution in [0.25, 0.3) is 0 Å². The first-order valence-corrected chi connectivity index (χ1v) is 11.9. The Hall–Kier alpha value is -2.71.